The fourth-order valence-corrected chi connectivity index (χ4v) is 1.46. The van der Waals surface area contributed by atoms with Crippen molar-refractivity contribution in [1.29, 1.82) is 0 Å². The predicted molar refractivity (Wildman–Crippen MR) is 46.5 cm³/mol. The van der Waals surface area contributed by atoms with Gasteiger partial charge in [0.15, 0.2) is 5.82 Å². The van der Waals surface area contributed by atoms with Gasteiger partial charge in [-0.25, -0.2) is 4.98 Å². The molecule has 0 atom stereocenters. The molecule has 0 bridgehead atoms. The minimum absolute atomic E-state index is 0.0770. The molecule has 0 radical (unpaired) electrons. The zero-order valence-corrected chi connectivity index (χ0v) is 7.03. The number of aromatic amines is 1. The minimum Gasteiger partial charge on any atom is -0.349 e. The third kappa shape index (κ3) is 0.792. The van der Waals surface area contributed by atoms with E-state index in [-0.39, 0.29) is 5.56 Å². The third-order valence-electron chi connectivity index (χ3n) is 1.98. The normalized spacial score (nSPS) is 15.2. The Labute approximate surface area is 69.6 Å². The average molecular weight is 166 g/mol. The highest BCUT2D eigenvalue weighted by Gasteiger charge is 2.24. The highest BCUT2D eigenvalue weighted by Crippen LogP contribution is 2.26. The van der Waals surface area contributed by atoms with Gasteiger partial charge in [-0.1, -0.05) is 0 Å². The van der Waals surface area contributed by atoms with Crippen LogP contribution in [0.25, 0.3) is 0 Å². The van der Waals surface area contributed by atoms with Crippen molar-refractivity contribution < 1.29 is 0 Å². The van der Waals surface area contributed by atoms with E-state index in [0.717, 1.165) is 12.5 Å². The second kappa shape index (κ2) is 2.23. The monoisotopic (exact) mass is 166 g/mol. The largest absolute Gasteiger partial charge is 0.349 e. The van der Waals surface area contributed by atoms with Gasteiger partial charge in [0.25, 0.3) is 5.56 Å². The van der Waals surface area contributed by atoms with Crippen LogP contribution in [0.15, 0.2) is 11.1 Å². The predicted octanol–water partition coefficient (Wildman–Crippen LogP) is -0.387. The van der Waals surface area contributed by atoms with Crippen LogP contribution < -0.4 is 15.4 Å². The van der Waals surface area contributed by atoms with Crippen molar-refractivity contribution in [1.82, 2.24) is 9.97 Å². The number of fused-ring (bicyclic) bond motifs is 1. The second-order valence-electron chi connectivity index (χ2n) is 2.94. The molecule has 0 aromatic carbocycles. The molecule has 64 valence electrons. The highest BCUT2D eigenvalue weighted by atomic mass is 16.1. The number of rotatable bonds is 0. The van der Waals surface area contributed by atoms with Gasteiger partial charge in [0.2, 0.25) is 0 Å². The third-order valence-corrected chi connectivity index (χ3v) is 1.98. The summed E-state index contributed by atoms with van der Waals surface area (Å²) in [4.78, 5) is 21.7. The standard InChI is InChI=1S/C7H10N4O/c1-10-4-11(2)6-5(10)7(12)9-3-8-6/h3H,4H2,1-2H3,(H,8,9,12). The summed E-state index contributed by atoms with van der Waals surface area (Å²) < 4.78 is 0. The first-order chi connectivity index (χ1) is 5.70. The molecule has 1 N–H and O–H groups in total. The van der Waals surface area contributed by atoms with Crippen LogP contribution in [0.3, 0.4) is 0 Å². The zero-order valence-electron chi connectivity index (χ0n) is 7.03. The number of nitrogens with one attached hydrogen (secondary N) is 1. The van der Waals surface area contributed by atoms with Crippen molar-refractivity contribution in [2.75, 3.05) is 30.6 Å². The topological polar surface area (TPSA) is 52.2 Å². The van der Waals surface area contributed by atoms with Gasteiger partial charge in [-0.15, -0.1) is 0 Å². The lowest BCUT2D eigenvalue weighted by atomic mass is 10.4. The zero-order chi connectivity index (χ0) is 8.72. The lowest BCUT2D eigenvalue weighted by Crippen LogP contribution is -2.25. The summed E-state index contributed by atoms with van der Waals surface area (Å²) in [7, 11) is 3.79. The molecule has 0 spiro atoms. The first-order valence-corrected chi connectivity index (χ1v) is 3.70. The average Bonchev–Trinajstić information content (AvgIpc) is 2.29. The van der Waals surface area contributed by atoms with Crippen LogP contribution in [0, 0.1) is 0 Å². The Balaban J connectivity index is 2.67. The fourth-order valence-electron chi connectivity index (χ4n) is 1.46. The van der Waals surface area contributed by atoms with E-state index >= 15 is 0 Å². The van der Waals surface area contributed by atoms with Gasteiger partial charge in [-0.2, -0.15) is 0 Å². The van der Waals surface area contributed by atoms with Crippen LogP contribution in [0.4, 0.5) is 11.5 Å². The van der Waals surface area contributed by atoms with Gasteiger partial charge in [0.1, 0.15) is 5.69 Å². The second-order valence-corrected chi connectivity index (χ2v) is 2.94. The number of anilines is 2. The summed E-state index contributed by atoms with van der Waals surface area (Å²) in [5, 5.41) is 0. The molecule has 2 rings (SSSR count). The number of H-pyrrole nitrogens is 1. The molecule has 12 heavy (non-hydrogen) atoms. The molecular weight excluding hydrogens is 156 g/mol. The Bertz CT molecular complexity index is 359. The molecule has 1 aromatic heterocycles. The summed E-state index contributed by atoms with van der Waals surface area (Å²) in [5.41, 5.74) is 0.576. The van der Waals surface area contributed by atoms with E-state index in [4.69, 9.17) is 0 Å². The number of aromatic nitrogens is 2. The Morgan fingerprint density at radius 3 is 2.92 bits per heavy atom. The van der Waals surface area contributed by atoms with Crippen LogP contribution in [-0.2, 0) is 0 Å². The fraction of sp³-hybridized carbons (Fsp3) is 0.429. The summed E-state index contributed by atoms with van der Waals surface area (Å²) in [6.07, 6.45) is 1.43. The molecule has 1 aliphatic rings. The Kier molecular flexibility index (Phi) is 1.33. The number of nitrogens with zero attached hydrogens (tertiary/aromatic N) is 3. The first-order valence-electron chi connectivity index (χ1n) is 3.70. The molecule has 0 saturated heterocycles. The Morgan fingerprint density at radius 1 is 1.50 bits per heavy atom. The lowest BCUT2D eigenvalue weighted by molar-refractivity contribution is 0.907. The van der Waals surface area contributed by atoms with E-state index in [1.54, 1.807) is 0 Å². The smallest absolute Gasteiger partial charge is 0.276 e. The van der Waals surface area contributed by atoms with Crippen LogP contribution >= 0.6 is 0 Å². The van der Waals surface area contributed by atoms with Gasteiger partial charge in [0, 0.05) is 14.1 Å². The van der Waals surface area contributed by atoms with Crippen LogP contribution in [-0.4, -0.2) is 30.7 Å². The Morgan fingerprint density at radius 2 is 2.25 bits per heavy atom. The van der Waals surface area contributed by atoms with E-state index in [9.17, 15) is 4.79 Å². The maximum Gasteiger partial charge on any atom is 0.276 e. The Hall–Kier alpha value is -1.52. The van der Waals surface area contributed by atoms with Crippen LogP contribution in [0.5, 0.6) is 0 Å². The molecule has 1 aliphatic heterocycles. The van der Waals surface area contributed by atoms with Crippen molar-refractivity contribution in [3.05, 3.63) is 16.7 Å². The molecule has 0 saturated carbocycles. The molecule has 0 aliphatic carbocycles. The van der Waals surface area contributed by atoms with Gasteiger partial charge >= 0.3 is 0 Å². The number of hydrogen-bond donors (Lipinski definition) is 1. The highest BCUT2D eigenvalue weighted by molar-refractivity contribution is 5.70. The maximum atomic E-state index is 11.3. The SMILES string of the molecule is CN1CN(C)c2c1nc[nH]c2=O. The van der Waals surface area contributed by atoms with E-state index in [1.165, 1.54) is 6.33 Å². The molecule has 5 heteroatoms. The quantitative estimate of drug-likeness (QED) is 0.570. The molecule has 0 amide bonds. The molecule has 2 heterocycles. The lowest BCUT2D eigenvalue weighted by Gasteiger charge is -2.10. The first kappa shape index (κ1) is 7.15. The van der Waals surface area contributed by atoms with E-state index in [2.05, 4.69) is 9.97 Å². The van der Waals surface area contributed by atoms with Crippen molar-refractivity contribution >= 4 is 11.5 Å². The van der Waals surface area contributed by atoms with Crippen molar-refractivity contribution in [2.24, 2.45) is 0 Å². The minimum atomic E-state index is -0.0770. The van der Waals surface area contributed by atoms with Gasteiger partial charge < -0.3 is 14.8 Å². The van der Waals surface area contributed by atoms with Crippen molar-refractivity contribution in [3.8, 4) is 0 Å². The molecule has 5 nitrogen and oxygen atoms in total. The maximum absolute atomic E-state index is 11.3. The van der Waals surface area contributed by atoms with Gasteiger partial charge in [-0.05, 0) is 0 Å². The summed E-state index contributed by atoms with van der Waals surface area (Å²) in [5.74, 6) is 0.751. The molecular formula is C7H10N4O. The van der Waals surface area contributed by atoms with Gasteiger partial charge in [0.05, 0.1) is 13.0 Å². The summed E-state index contributed by atoms with van der Waals surface area (Å²) in [6, 6.07) is 0. The van der Waals surface area contributed by atoms with Crippen molar-refractivity contribution in [2.45, 2.75) is 0 Å². The van der Waals surface area contributed by atoms with Crippen molar-refractivity contribution in [3.63, 3.8) is 0 Å². The van der Waals surface area contributed by atoms with E-state index < -0.39 is 0 Å². The van der Waals surface area contributed by atoms with Crippen LogP contribution in [0.1, 0.15) is 0 Å². The van der Waals surface area contributed by atoms with Gasteiger partial charge in [-0.3, -0.25) is 4.79 Å². The molecule has 1 aromatic rings. The number of hydrogen-bond acceptors (Lipinski definition) is 4. The van der Waals surface area contributed by atoms with E-state index in [0.29, 0.717) is 5.69 Å². The molecule has 0 unspecified atom stereocenters. The summed E-state index contributed by atoms with van der Waals surface area (Å²) in [6.45, 7) is 0.718. The van der Waals surface area contributed by atoms with Crippen LogP contribution in [0.2, 0.25) is 0 Å². The van der Waals surface area contributed by atoms with E-state index in [1.807, 2.05) is 23.9 Å². The molecule has 0 fully saturated rings. The summed E-state index contributed by atoms with van der Waals surface area (Å²) >= 11 is 0.